The Labute approximate surface area is 97.8 Å². The molecule has 1 aliphatic heterocycles. The van der Waals surface area contributed by atoms with E-state index in [-0.39, 0.29) is 12.5 Å². The lowest BCUT2D eigenvalue weighted by Gasteiger charge is -2.29. The number of hydrogen-bond acceptors (Lipinski definition) is 2. The first kappa shape index (κ1) is 11.9. The standard InChI is InChI=1S/C13H23NO2/c1-10-2-4-12(5-3-10)13(16)14-7-6-11(8-14)9-15/h10-12,15H,2-9H2,1H3. The van der Waals surface area contributed by atoms with E-state index in [2.05, 4.69) is 6.92 Å². The zero-order chi connectivity index (χ0) is 11.5. The van der Waals surface area contributed by atoms with E-state index >= 15 is 0 Å². The van der Waals surface area contributed by atoms with Crippen molar-refractivity contribution in [2.45, 2.75) is 39.0 Å². The zero-order valence-corrected chi connectivity index (χ0v) is 10.2. The Morgan fingerprint density at radius 2 is 1.94 bits per heavy atom. The van der Waals surface area contributed by atoms with Crippen molar-refractivity contribution in [3.63, 3.8) is 0 Å². The first-order valence-electron chi connectivity index (χ1n) is 6.60. The largest absolute Gasteiger partial charge is 0.396 e. The molecule has 1 amide bonds. The Hall–Kier alpha value is -0.570. The molecule has 2 rings (SSSR count). The summed E-state index contributed by atoms with van der Waals surface area (Å²) in [5.74, 6) is 1.75. The van der Waals surface area contributed by atoms with Crippen molar-refractivity contribution in [1.82, 2.24) is 4.90 Å². The number of hydrogen-bond donors (Lipinski definition) is 1. The van der Waals surface area contributed by atoms with Crippen molar-refractivity contribution in [1.29, 1.82) is 0 Å². The molecule has 92 valence electrons. The molecule has 1 heterocycles. The first-order chi connectivity index (χ1) is 7.70. The molecule has 2 aliphatic rings. The van der Waals surface area contributed by atoms with Gasteiger partial charge in [0.25, 0.3) is 0 Å². The Morgan fingerprint density at radius 1 is 1.25 bits per heavy atom. The highest BCUT2D eigenvalue weighted by Crippen LogP contribution is 2.30. The SMILES string of the molecule is CC1CCC(C(=O)N2CCC(CO)C2)CC1. The summed E-state index contributed by atoms with van der Waals surface area (Å²) in [6.07, 6.45) is 5.52. The molecular weight excluding hydrogens is 202 g/mol. The van der Waals surface area contributed by atoms with E-state index in [1.165, 1.54) is 12.8 Å². The van der Waals surface area contributed by atoms with Gasteiger partial charge in [-0.15, -0.1) is 0 Å². The molecule has 0 aromatic heterocycles. The maximum Gasteiger partial charge on any atom is 0.225 e. The van der Waals surface area contributed by atoms with Gasteiger partial charge in [0.15, 0.2) is 0 Å². The van der Waals surface area contributed by atoms with Crippen LogP contribution in [0.2, 0.25) is 0 Å². The summed E-state index contributed by atoms with van der Waals surface area (Å²) >= 11 is 0. The van der Waals surface area contributed by atoms with E-state index < -0.39 is 0 Å². The number of amides is 1. The Morgan fingerprint density at radius 3 is 2.50 bits per heavy atom. The summed E-state index contributed by atoms with van der Waals surface area (Å²) in [6, 6.07) is 0. The Kier molecular flexibility index (Phi) is 3.85. The summed E-state index contributed by atoms with van der Waals surface area (Å²) in [5, 5.41) is 9.07. The van der Waals surface area contributed by atoms with E-state index in [1.807, 2.05) is 4.90 Å². The first-order valence-corrected chi connectivity index (χ1v) is 6.60. The molecule has 2 fully saturated rings. The monoisotopic (exact) mass is 225 g/mol. The van der Waals surface area contributed by atoms with Crippen LogP contribution in [0, 0.1) is 17.8 Å². The summed E-state index contributed by atoms with van der Waals surface area (Å²) < 4.78 is 0. The zero-order valence-electron chi connectivity index (χ0n) is 10.2. The lowest BCUT2D eigenvalue weighted by atomic mass is 9.82. The molecule has 1 N–H and O–H groups in total. The van der Waals surface area contributed by atoms with Gasteiger partial charge in [-0.1, -0.05) is 6.92 Å². The average Bonchev–Trinajstić information content (AvgIpc) is 2.77. The number of nitrogens with zero attached hydrogens (tertiary/aromatic N) is 1. The molecule has 0 bridgehead atoms. The summed E-state index contributed by atoms with van der Waals surface area (Å²) in [4.78, 5) is 14.2. The minimum Gasteiger partial charge on any atom is -0.396 e. The molecule has 3 heteroatoms. The fraction of sp³-hybridized carbons (Fsp3) is 0.923. The van der Waals surface area contributed by atoms with Gasteiger partial charge < -0.3 is 10.0 Å². The molecule has 0 aromatic rings. The number of likely N-dealkylation sites (tertiary alicyclic amines) is 1. The van der Waals surface area contributed by atoms with Gasteiger partial charge in [-0.3, -0.25) is 4.79 Å². The van der Waals surface area contributed by atoms with Crippen molar-refractivity contribution in [3.05, 3.63) is 0 Å². The average molecular weight is 225 g/mol. The maximum absolute atomic E-state index is 12.2. The minimum absolute atomic E-state index is 0.228. The topological polar surface area (TPSA) is 40.5 Å². The van der Waals surface area contributed by atoms with Crippen LogP contribution in [0.5, 0.6) is 0 Å². The van der Waals surface area contributed by atoms with E-state index in [1.54, 1.807) is 0 Å². The highest BCUT2D eigenvalue weighted by atomic mass is 16.3. The van der Waals surface area contributed by atoms with Crippen molar-refractivity contribution >= 4 is 5.91 Å². The minimum atomic E-state index is 0.228. The smallest absolute Gasteiger partial charge is 0.225 e. The van der Waals surface area contributed by atoms with Gasteiger partial charge in [-0.2, -0.15) is 0 Å². The normalized spacial score (nSPS) is 35.4. The molecule has 1 saturated heterocycles. The molecule has 3 nitrogen and oxygen atoms in total. The predicted molar refractivity (Wildman–Crippen MR) is 62.9 cm³/mol. The van der Waals surface area contributed by atoms with E-state index in [9.17, 15) is 4.79 Å². The molecule has 0 aromatic carbocycles. The molecular formula is C13H23NO2. The summed E-state index contributed by atoms with van der Waals surface area (Å²) in [6.45, 7) is 4.14. The molecule has 16 heavy (non-hydrogen) atoms. The lowest BCUT2D eigenvalue weighted by Crippen LogP contribution is -2.36. The van der Waals surface area contributed by atoms with Crippen molar-refractivity contribution in [2.24, 2.45) is 17.8 Å². The number of carbonyl (C=O) groups is 1. The van der Waals surface area contributed by atoms with Gasteiger partial charge in [-0.25, -0.2) is 0 Å². The van der Waals surface area contributed by atoms with Crippen LogP contribution in [0.25, 0.3) is 0 Å². The van der Waals surface area contributed by atoms with Crippen LogP contribution in [0.15, 0.2) is 0 Å². The number of aliphatic hydroxyl groups is 1. The second-order valence-electron chi connectivity index (χ2n) is 5.58. The van der Waals surface area contributed by atoms with E-state index in [0.29, 0.717) is 11.8 Å². The van der Waals surface area contributed by atoms with Crippen LogP contribution >= 0.6 is 0 Å². The molecule has 1 unspecified atom stereocenters. The molecule has 1 saturated carbocycles. The van der Waals surface area contributed by atoms with Gasteiger partial charge >= 0.3 is 0 Å². The van der Waals surface area contributed by atoms with Crippen LogP contribution < -0.4 is 0 Å². The molecule has 0 radical (unpaired) electrons. The van der Waals surface area contributed by atoms with Gasteiger partial charge in [0.05, 0.1) is 0 Å². The third kappa shape index (κ3) is 2.57. The van der Waals surface area contributed by atoms with Gasteiger partial charge in [-0.05, 0) is 38.0 Å². The third-order valence-corrected chi connectivity index (χ3v) is 4.22. The summed E-state index contributed by atoms with van der Waals surface area (Å²) in [5.41, 5.74) is 0. The number of rotatable bonds is 2. The molecule has 1 atom stereocenters. The van der Waals surface area contributed by atoms with Gasteiger partial charge in [0, 0.05) is 31.5 Å². The van der Waals surface area contributed by atoms with Crippen LogP contribution in [0.1, 0.15) is 39.0 Å². The van der Waals surface area contributed by atoms with Crippen LogP contribution in [-0.2, 0) is 4.79 Å². The maximum atomic E-state index is 12.2. The highest BCUT2D eigenvalue weighted by Gasteiger charge is 2.32. The fourth-order valence-electron chi connectivity index (χ4n) is 2.95. The number of aliphatic hydroxyl groups excluding tert-OH is 1. The van der Waals surface area contributed by atoms with Crippen LogP contribution in [-0.4, -0.2) is 35.6 Å². The fourth-order valence-corrected chi connectivity index (χ4v) is 2.95. The number of carbonyl (C=O) groups excluding carboxylic acids is 1. The predicted octanol–water partition coefficient (Wildman–Crippen LogP) is 1.65. The van der Waals surface area contributed by atoms with Crippen molar-refractivity contribution < 1.29 is 9.90 Å². The van der Waals surface area contributed by atoms with E-state index in [4.69, 9.17) is 5.11 Å². The highest BCUT2D eigenvalue weighted by molar-refractivity contribution is 5.79. The van der Waals surface area contributed by atoms with Crippen molar-refractivity contribution in [2.75, 3.05) is 19.7 Å². The molecule has 0 spiro atoms. The van der Waals surface area contributed by atoms with Gasteiger partial charge in [0.1, 0.15) is 0 Å². The van der Waals surface area contributed by atoms with Crippen molar-refractivity contribution in [3.8, 4) is 0 Å². The third-order valence-electron chi connectivity index (χ3n) is 4.22. The Bertz CT molecular complexity index is 242. The quantitative estimate of drug-likeness (QED) is 0.776. The van der Waals surface area contributed by atoms with Gasteiger partial charge in [0.2, 0.25) is 5.91 Å². The second kappa shape index (κ2) is 5.17. The van der Waals surface area contributed by atoms with Crippen LogP contribution in [0.3, 0.4) is 0 Å². The lowest BCUT2D eigenvalue weighted by molar-refractivity contribution is -0.135. The Balaban J connectivity index is 1.83. The summed E-state index contributed by atoms with van der Waals surface area (Å²) in [7, 11) is 0. The second-order valence-corrected chi connectivity index (χ2v) is 5.58. The van der Waals surface area contributed by atoms with E-state index in [0.717, 1.165) is 38.3 Å². The molecule has 1 aliphatic carbocycles. The van der Waals surface area contributed by atoms with Crippen LogP contribution in [0.4, 0.5) is 0 Å².